The second kappa shape index (κ2) is 9.60. The van der Waals surface area contributed by atoms with Gasteiger partial charge in [-0.3, -0.25) is 0 Å². The number of unbranched alkanes of at least 4 members (excludes halogenated alkanes) is 1. The molecule has 1 rings (SSSR count). The number of carboxylic acids is 1. The van der Waals surface area contributed by atoms with Gasteiger partial charge in [-0.2, -0.15) is 0 Å². The third kappa shape index (κ3) is 6.80. The summed E-state index contributed by atoms with van der Waals surface area (Å²) in [6.45, 7) is 8.04. The van der Waals surface area contributed by atoms with Crippen molar-refractivity contribution < 1.29 is 14.7 Å². The summed E-state index contributed by atoms with van der Waals surface area (Å²) in [6, 6.07) is -1.15. The zero-order valence-electron chi connectivity index (χ0n) is 13.2. The first-order chi connectivity index (χ1) is 10.1. The van der Waals surface area contributed by atoms with E-state index < -0.39 is 12.0 Å². The van der Waals surface area contributed by atoms with E-state index in [2.05, 4.69) is 22.5 Å². The maximum Gasteiger partial charge on any atom is 0.326 e. The highest BCUT2D eigenvalue weighted by Gasteiger charge is 2.21. The molecule has 0 aromatic carbocycles. The van der Waals surface area contributed by atoms with Crippen LogP contribution in [0.25, 0.3) is 0 Å². The van der Waals surface area contributed by atoms with Gasteiger partial charge in [0.25, 0.3) is 0 Å². The van der Waals surface area contributed by atoms with Crippen LogP contribution in [-0.4, -0.2) is 54.2 Å². The van der Waals surface area contributed by atoms with E-state index in [1.165, 1.54) is 0 Å². The van der Waals surface area contributed by atoms with Crippen LogP contribution in [0.4, 0.5) is 4.79 Å². The highest BCUT2D eigenvalue weighted by Crippen LogP contribution is 2.15. The molecule has 21 heavy (non-hydrogen) atoms. The van der Waals surface area contributed by atoms with Crippen LogP contribution in [0.2, 0.25) is 0 Å². The first kappa shape index (κ1) is 17.8. The van der Waals surface area contributed by atoms with Crippen molar-refractivity contribution in [2.24, 2.45) is 5.92 Å². The highest BCUT2D eigenvalue weighted by molar-refractivity contribution is 5.82. The third-order valence-electron chi connectivity index (χ3n) is 4.16. The van der Waals surface area contributed by atoms with Crippen molar-refractivity contribution in [1.29, 1.82) is 0 Å². The summed E-state index contributed by atoms with van der Waals surface area (Å²) in [5, 5.41) is 14.4. The first-order valence-corrected chi connectivity index (χ1v) is 8.06. The van der Waals surface area contributed by atoms with Crippen LogP contribution in [0.3, 0.4) is 0 Å². The van der Waals surface area contributed by atoms with Crippen LogP contribution in [0.1, 0.15) is 46.0 Å². The van der Waals surface area contributed by atoms with Crippen molar-refractivity contribution in [3.05, 3.63) is 0 Å². The van der Waals surface area contributed by atoms with Crippen molar-refractivity contribution in [3.8, 4) is 0 Å². The predicted octanol–water partition coefficient (Wildman–Crippen LogP) is 1.66. The molecule has 1 aliphatic rings. The first-order valence-electron chi connectivity index (χ1n) is 8.06. The number of hydrogen-bond acceptors (Lipinski definition) is 3. The Morgan fingerprint density at radius 1 is 1.29 bits per heavy atom. The lowest BCUT2D eigenvalue weighted by atomic mass is 9.97. The molecule has 0 bridgehead atoms. The second-order valence-corrected chi connectivity index (χ2v) is 5.77. The van der Waals surface area contributed by atoms with E-state index in [4.69, 9.17) is 5.11 Å². The number of aliphatic carboxylic acids is 1. The average molecular weight is 299 g/mol. The van der Waals surface area contributed by atoms with Crippen LogP contribution in [-0.2, 0) is 4.79 Å². The van der Waals surface area contributed by atoms with Gasteiger partial charge in [0.15, 0.2) is 0 Å². The van der Waals surface area contributed by atoms with E-state index in [0.29, 0.717) is 18.9 Å². The molecule has 0 saturated carbocycles. The molecule has 1 heterocycles. The lowest BCUT2D eigenvalue weighted by Gasteiger charge is -2.31. The summed E-state index contributed by atoms with van der Waals surface area (Å²) in [5.41, 5.74) is 0. The number of carboxylic acid groups (broad SMARTS) is 1. The van der Waals surface area contributed by atoms with Crippen molar-refractivity contribution in [2.45, 2.75) is 52.0 Å². The largest absolute Gasteiger partial charge is 0.480 e. The van der Waals surface area contributed by atoms with Gasteiger partial charge in [0.1, 0.15) is 6.04 Å². The molecule has 0 spiro atoms. The zero-order valence-corrected chi connectivity index (χ0v) is 13.2. The van der Waals surface area contributed by atoms with E-state index in [1.807, 2.05) is 6.92 Å². The molecule has 1 aliphatic heterocycles. The highest BCUT2D eigenvalue weighted by atomic mass is 16.4. The Kier molecular flexibility index (Phi) is 8.12. The molecular formula is C15H29N3O3. The number of piperidine rings is 1. The molecule has 0 aliphatic carbocycles. The summed E-state index contributed by atoms with van der Waals surface area (Å²) in [6.07, 6.45) is 4.38. The fourth-order valence-corrected chi connectivity index (χ4v) is 2.62. The summed E-state index contributed by atoms with van der Waals surface area (Å²) in [5.74, 6) is -0.465. The minimum Gasteiger partial charge on any atom is -0.480 e. The van der Waals surface area contributed by atoms with Crippen molar-refractivity contribution >= 4 is 12.0 Å². The predicted molar refractivity (Wildman–Crippen MR) is 82.3 cm³/mol. The minimum absolute atomic E-state index is 0.364. The molecule has 0 aromatic rings. The Labute approximate surface area is 127 Å². The minimum atomic E-state index is -0.963. The number of rotatable bonds is 8. The van der Waals surface area contributed by atoms with Crippen LogP contribution < -0.4 is 10.6 Å². The summed E-state index contributed by atoms with van der Waals surface area (Å²) in [4.78, 5) is 25.3. The van der Waals surface area contributed by atoms with Gasteiger partial charge in [-0.25, -0.2) is 9.59 Å². The summed E-state index contributed by atoms with van der Waals surface area (Å²) in [7, 11) is 0. The lowest BCUT2D eigenvalue weighted by Crippen LogP contribution is -2.47. The average Bonchev–Trinajstić information content (AvgIpc) is 2.49. The van der Waals surface area contributed by atoms with Crippen LogP contribution in [0.5, 0.6) is 0 Å². The van der Waals surface area contributed by atoms with Gasteiger partial charge in [0.2, 0.25) is 0 Å². The van der Waals surface area contributed by atoms with Crippen LogP contribution in [0.15, 0.2) is 0 Å². The summed E-state index contributed by atoms with van der Waals surface area (Å²) < 4.78 is 0. The van der Waals surface area contributed by atoms with Gasteiger partial charge >= 0.3 is 12.0 Å². The van der Waals surface area contributed by atoms with Gasteiger partial charge in [-0.05, 0) is 44.8 Å². The molecule has 3 N–H and O–H groups in total. The van der Waals surface area contributed by atoms with E-state index in [9.17, 15) is 9.59 Å². The summed E-state index contributed by atoms with van der Waals surface area (Å²) >= 11 is 0. The van der Waals surface area contributed by atoms with Gasteiger partial charge in [-0.1, -0.05) is 26.7 Å². The number of carbonyl (C=O) groups excluding carboxylic acids is 1. The standard InChI is InChI=1S/C15H29N3O3/c1-3-5-6-13(14(19)20)17-15(21)16-11-12-7-9-18(4-2)10-8-12/h12-13H,3-11H2,1-2H3,(H,19,20)(H2,16,17,21)/t13-/m0/s1. The molecule has 122 valence electrons. The normalized spacial score (nSPS) is 18.2. The monoisotopic (exact) mass is 299 g/mol. The molecule has 1 saturated heterocycles. The maximum absolute atomic E-state index is 11.8. The fraction of sp³-hybridized carbons (Fsp3) is 0.867. The number of carbonyl (C=O) groups is 2. The Bertz CT molecular complexity index is 328. The van der Waals surface area contributed by atoms with Crippen LogP contribution >= 0.6 is 0 Å². The Balaban J connectivity index is 2.25. The molecule has 0 aromatic heterocycles. The van der Waals surface area contributed by atoms with Gasteiger partial charge in [0, 0.05) is 6.54 Å². The van der Waals surface area contributed by atoms with E-state index >= 15 is 0 Å². The van der Waals surface area contributed by atoms with Crippen molar-refractivity contribution in [3.63, 3.8) is 0 Å². The molecule has 1 atom stereocenters. The SMILES string of the molecule is CCCC[C@H](NC(=O)NCC1CCN(CC)CC1)C(=O)O. The molecular weight excluding hydrogens is 270 g/mol. The Hall–Kier alpha value is -1.30. The van der Waals surface area contributed by atoms with Gasteiger partial charge in [-0.15, -0.1) is 0 Å². The second-order valence-electron chi connectivity index (χ2n) is 5.77. The fourth-order valence-electron chi connectivity index (χ4n) is 2.62. The third-order valence-corrected chi connectivity index (χ3v) is 4.16. The molecule has 0 unspecified atom stereocenters. The maximum atomic E-state index is 11.8. The molecule has 0 radical (unpaired) electrons. The number of likely N-dealkylation sites (tertiary alicyclic amines) is 1. The Morgan fingerprint density at radius 2 is 1.95 bits per heavy atom. The smallest absolute Gasteiger partial charge is 0.326 e. The number of urea groups is 1. The molecule has 1 fully saturated rings. The van der Waals surface area contributed by atoms with Gasteiger partial charge in [0.05, 0.1) is 0 Å². The van der Waals surface area contributed by atoms with Crippen LogP contribution in [0, 0.1) is 5.92 Å². The lowest BCUT2D eigenvalue weighted by molar-refractivity contribution is -0.139. The zero-order chi connectivity index (χ0) is 15.7. The number of nitrogens with one attached hydrogen (secondary N) is 2. The van der Waals surface area contributed by atoms with Crippen molar-refractivity contribution in [1.82, 2.24) is 15.5 Å². The molecule has 6 nitrogen and oxygen atoms in total. The number of amides is 2. The topological polar surface area (TPSA) is 81.7 Å². The van der Waals surface area contributed by atoms with E-state index in [0.717, 1.165) is 45.3 Å². The number of nitrogens with zero attached hydrogens (tertiary/aromatic N) is 1. The number of hydrogen-bond donors (Lipinski definition) is 3. The Morgan fingerprint density at radius 3 is 2.48 bits per heavy atom. The van der Waals surface area contributed by atoms with Crippen molar-refractivity contribution in [2.75, 3.05) is 26.2 Å². The van der Waals surface area contributed by atoms with E-state index in [-0.39, 0.29) is 6.03 Å². The van der Waals surface area contributed by atoms with E-state index in [1.54, 1.807) is 0 Å². The molecule has 2 amide bonds. The van der Waals surface area contributed by atoms with Gasteiger partial charge < -0.3 is 20.6 Å². The quantitative estimate of drug-likeness (QED) is 0.636. The molecule has 6 heteroatoms.